The Bertz CT molecular complexity index is 935. The molecule has 0 saturated carbocycles. The molecule has 0 atom stereocenters. The van der Waals surface area contributed by atoms with Gasteiger partial charge in [-0.25, -0.2) is 0 Å². The minimum atomic E-state index is 0.737. The number of piperidine rings is 1. The minimum absolute atomic E-state index is 0.737. The van der Waals surface area contributed by atoms with Crippen molar-refractivity contribution in [1.29, 1.82) is 0 Å². The van der Waals surface area contributed by atoms with E-state index < -0.39 is 0 Å². The molecule has 4 rings (SSSR count). The first-order valence-electron chi connectivity index (χ1n) is 11.3. The van der Waals surface area contributed by atoms with Gasteiger partial charge in [0.1, 0.15) is 5.75 Å². The Morgan fingerprint density at radius 1 is 0.900 bits per heavy atom. The average molecular weight is 423 g/mol. The number of nitrogens with zero attached hydrogens (tertiary/aromatic N) is 2. The van der Waals surface area contributed by atoms with Crippen molar-refractivity contribution in [3.63, 3.8) is 0 Å². The molecule has 158 valence electrons. The van der Waals surface area contributed by atoms with Crippen molar-refractivity contribution in [2.45, 2.75) is 44.9 Å². The van der Waals surface area contributed by atoms with Crippen LogP contribution in [0.15, 0.2) is 54.7 Å². The van der Waals surface area contributed by atoms with E-state index in [0.717, 1.165) is 55.1 Å². The van der Waals surface area contributed by atoms with E-state index in [1.54, 1.807) is 0 Å². The van der Waals surface area contributed by atoms with Crippen LogP contribution in [0.1, 0.15) is 43.2 Å². The number of benzene rings is 2. The van der Waals surface area contributed by atoms with Gasteiger partial charge >= 0.3 is 0 Å². The molecule has 3 aromatic rings. The number of likely N-dealkylation sites (tertiary alicyclic amines) is 1. The molecule has 1 aromatic heterocycles. The monoisotopic (exact) mass is 422 g/mol. The van der Waals surface area contributed by atoms with Crippen molar-refractivity contribution in [2.24, 2.45) is 0 Å². The molecule has 1 saturated heterocycles. The third-order valence-electron chi connectivity index (χ3n) is 5.97. The molecular formula is C26H31ClN2O. The van der Waals surface area contributed by atoms with E-state index in [-0.39, 0.29) is 0 Å². The lowest BCUT2D eigenvalue weighted by Crippen LogP contribution is -2.31. The standard InChI is InChI=1S/C26H31ClN2O/c27-23-10-13-25-22(14-15-28-26(25)20-23)7-4-6-21-8-11-24(12-9-21)30-19-5-18-29-16-2-1-3-17-29/h8-15,20H,1-7,16-19H2. The molecule has 0 spiro atoms. The maximum absolute atomic E-state index is 6.09. The maximum atomic E-state index is 6.09. The first-order valence-corrected chi connectivity index (χ1v) is 11.6. The summed E-state index contributed by atoms with van der Waals surface area (Å²) < 4.78 is 5.94. The smallest absolute Gasteiger partial charge is 0.119 e. The first kappa shape index (κ1) is 21.1. The van der Waals surface area contributed by atoms with Crippen LogP contribution in [0.25, 0.3) is 10.9 Å². The van der Waals surface area contributed by atoms with Crippen LogP contribution in [0, 0.1) is 0 Å². The second kappa shape index (κ2) is 10.8. The normalized spacial score (nSPS) is 14.8. The molecule has 1 aliphatic heterocycles. The second-order valence-corrected chi connectivity index (χ2v) is 8.67. The minimum Gasteiger partial charge on any atom is -0.494 e. The highest BCUT2D eigenvalue weighted by molar-refractivity contribution is 6.31. The zero-order valence-corrected chi connectivity index (χ0v) is 18.4. The molecule has 4 heteroatoms. The highest BCUT2D eigenvalue weighted by Gasteiger charge is 2.09. The fourth-order valence-electron chi connectivity index (χ4n) is 4.29. The summed E-state index contributed by atoms with van der Waals surface area (Å²) in [5.41, 5.74) is 3.67. The van der Waals surface area contributed by atoms with Crippen LogP contribution in [0.5, 0.6) is 5.75 Å². The predicted octanol–water partition coefficient (Wildman–Crippen LogP) is 6.32. The van der Waals surface area contributed by atoms with Gasteiger partial charge in [-0.05, 0) is 93.1 Å². The molecule has 0 radical (unpaired) electrons. The van der Waals surface area contributed by atoms with Gasteiger partial charge in [0, 0.05) is 23.2 Å². The fourth-order valence-corrected chi connectivity index (χ4v) is 4.46. The summed E-state index contributed by atoms with van der Waals surface area (Å²) >= 11 is 6.09. The molecule has 3 nitrogen and oxygen atoms in total. The molecule has 0 bridgehead atoms. The van der Waals surface area contributed by atoms with Gasteiger partial charge in [-0.3, -0.25) is 4.98 Å². The molecule has 2 heterocycles. The topological polar surface area (TPSA) is 25.4 Å². The van der Waals surface area contributed by atoms with Crippen LogP contribution in [0.3, 0.4) is 0 Å². The number of aryl methyl sites for hydroxylation is 2. The van der Waals surface area contributed by atoms with Gasteiger partial charge in [0.05, 0.1) is 12.1 Å². The SMILES string of the molecule is Clc1ccc2c(CCCc3ccc(OCCCN4CCCCC4)cc3)ccnc2c1. The van der Waals surface area contributed by atoms with Crippen molar-refractivity contribution < 1.29 is 4.74 Å². The Labute approximate surface area is 185 Å². The molecule has 0 amide bonds. The molecule has 0 unspecified atom stereocenters. The zero-order valence-electron chi connectivity index (χ0n) is 17.7. The molecule has 0 aliphatic carbocycles. The Hall–Kier alpha value is -2.10. The summed E-state index contributed by atoms with van der Waals surface area (Å²) in [6.45, 7) is 4.48. The lowest BCUT2D eigenvalue weighted by Gasteiger charge is -2.26. The molecule has 1 aliphatic rings. The Balaban J connectivity index is 1.20. The van der Waals surface area contributed by atoms with E-state index in [1.165, 1.54) is 48.9 Å². The van der Waals surface area contributed by atoms with Crippen LogP contribution in [-0.4, -0.2) is 36.1 Å². The van der Waals surface area contributed by atoms with Gasteiger partial charge in [-0.2, -0.15) is 0 Å². The van der Waals surface area contributed by atoms with E-state index in [1.807, 2.05) is 18.3 Å². The van der Waals surface area contributed by atoms with Crippen molar-refractivity contribution in [3.05, 3.63) is 70.9 Å². The van der Waals surface area contributed by atoms with E-state index in [0.29, 0.717) is 0 Å². The second-order valence-electron chi connectivity index (χ2n) is 8.23. The summed E-state index contributed by atoms with van der Waals surface area (Å²) in [6, 6.07) is 16.7. The van der Waals surface area contributed by atoms with Crippen molar-refractivity contribution in [3.8, 4) is 5.75 Å². The number of ether oxygens (including phenoxy) is 1. The highest BCUT2D eigenvalue weighted by atomic mass is 35.5. The quantitative estimate of drug-likeness (QED) is 0.377. The van der Waals surface area contributed by atoms with Crippen LogP contribution in [-0.2, 0) is 12.8 Å². The maximum Gasteiger partial charge on any atom is 0.119 e. The highest BCUT2D eigenvalue weighted by Crippen LogP contribution is 2.22. The Morgan fingerprint density at radius 2 is 1.73 bits per heavy atom. The number of halogens is 1. The van der Waals surface area contributed by atoms with Gasteiger partial charge in [0.15, 0.2) is 0 Å². The van der Waals surface area contributed by atoms with E-state index >= 15 is 0 Å². The lowest BCUT2D eigenvalue weighted by molar-refractivity contribution is 0.205. The largest absolute Gasteiger partial charge is 0.494 e. The summed E-state index contributed by atoms with van der Waals surface area (Å²) in [7, 11) is 0. The molecule has 2 aromatic carbocycles. The van der Waals surface area contributed by atoms with E-state index in [2.05, 4.69) is 46.3 Å². The number of fused-ring (bicyclic) bond motifs is 1. The van der Waals surface area contributed by atoms with Crippen LogP contribution in [0.2, 0.25) is 5.02 Å². The Morgan fingerprint density at radius 3 is 2.57 bits per heavy atom. The van der Waals surface area contributed by atoms with Crippen LogP contribution in [0.4, 0.5) is 0 Å². The molecule has 30 heavy (non-hydrogen) atoms. The van der Waals surface area contributed by atoms with Gasteiger partial charge in [-0.15, -0.1) is 0 Å². The van der Waals surface area contributed by atoms with Gasteiger partial charge < -0.3 is 9.64 Å². The number of hydrogen-bond acceptors (Lipinski definition) is 3. The number of pyridine rings is 1. The van der Waals surface area contributed by atoms with E-state index in [4.69, 9.17) is 16.3 Å². The van der Waals surface area contributed by atoms with Gasteiger partial charge in [0.2, 0.25) is 0 Å². The number of rotatable bonds is 9. The summed E-state index contributed by atoms with van der Waals surface area (Å²) in [5, 5.41) is 1.94. The number of aromatic nitrogens is 1. The third-order valence-corrected chi connectivity index (χ3v) is 6.20. The van der Waals surface area contributed by atoms with Gasteiger partial charge in [-0.1, -0.05) is 36.2 Å². The molecule has 1 fully saturated rings. The molecule has 0 N–H and O–H groups in total. The van der Waals surface area contributed by atoms with E-state index in [9.17, 15) is 0 Å². The zero-order chi connectivity index (χ0) is 20.6. The van der Waals surface area contributed by atoms with Crippen LogP contribution < -0.4 is 4.74 Å². The number of hydrogen-bond donors (Lipinski definition) is 0. The molecular weight excluding hydrogens is 392 g/mol. The van der Waals surface area contributed by atoms with Crippen molar-refractivity contribution in [2.75, 3.05) is 26.2 Å². The first-order chi connectivity index (χ1) is 14.8. The summed E-state index contributed by atoms with van der Waals surface area (Å²) in [6.07, 6.45) is 10.3. The summed E-state index contributed by atoms with van der Waals surface area (Å²) in [5.74, 6) is 0.981. The third kappa shape index (κ3) is 5.96. The van der Waals surface area contributed by atoms with Gasteiger partial charge in [0.25, 0.3) is 0 Å². The predicted molar refractivity (Wildman–Crippen MR) is 126 cm³/mol. The van der Waals surface area contributed by atoms with Crippen molar-refractivity contribution in [1.82, 2.24) is 9.88 Å². The van der Waals surface area contributed by atoms with Crippen LogP contribution >= 0.6 is 11.6 Å². The Kier molecular flexibility index (Phi) is 7.60. The fraction of sp³-hybridized carbons (Fsp3) is 0.423. The average Bonchev–Trinajstić information content (AvgIpc) is 2.78. The summed E-state index contributed by atoms with van der Waals surface area (Å²) in [4.78, 5) is 7.00. The van der Waals surface area contributed by atoms with Crippen molar-refractivity contribution >= 4 is 22.5 Å². The lowest BCUT2D eigenvalue weighted by atomic mass is 10.0.